The van der Waals surface area contributed by atoms with Crippen molar-refractivity contribution in [3.8, 4) is 0 Å². The third-order valence-corrected chi connectivity index (χ3v) is 2.84. The van der Waals surface area contributed by atoms with Crippen molar-refractivity contribution in [1.29, 1.82) is 0 Å². The van der Waals surface area contributed by atoms with E-state index in [1.807, 2.05) is 22.8 Å². The topological polar surface area (TPSA) is 67.5 Å². The summed E-state index contributed by atoms with van der Waals surface area (Å²) in [4.78, 5) is 15.7. The van der Waals surface area contributed by atoms with Gasteiger partial charge in [0.15, 0.2) is 5.82 Å². The molecule has 0 saturated carbocycles. The Hall–Kier alpha value is -2.17. The summed E-state index contributed by atoms with van der Waals surface area (Å²) in [5.74, 6) is 0.478. The highest BCUT2D eigenvalue weighted by Crippen LogP contribution is 2.18. The van der Waals surface area contributed by atoms with Gasteiger partial charge in [0.25, 0.3) is 5.56 Å². The van der Waals surface area contributed by atoms with Crippen molar-refractivity contribution < 1.29 is 5.21 Å². The van der Waals surface area contributed by atoms with E-state index in [1.165, 1.54) is 0 Å². The van der Waals surface area contributed by atoms with E-state index in [2.05, 4.69) is 10.1 Å². The molecule has 5 heteroatoms. The fourth-order valence-electron chi connectivity index (χ4n) is 2.09. The number of aryl methyl sites for hydroxylation is 1. The standard InChI is InChI=1S/C11H9N3O2/c15-11-7-3-1-2-4-9(7)14-6-5-8(13-16)10(14)12-11/h1-4,16H,5-6H2/b13-8+. The molecule has 0 fully saturated rings. The first-order valence-corrected chi connectivity index (χ1v) is 5.02. The van der Waals surface area contributed by atoms with Crippen molar-refractivity contribution in [2.75, 3.05) is 0 Å². The van der Waals surface area contributed by atoms with Gasteiger partial charge in [0, 0.05) is 13.0 Å². The van der Waals surface area contributed by atoms with E-state index in [4.69, 9.17) is 5.21 Å². The number of benzene rings is 1. The first-order chi connectivity index (χ1) is 7.81. The molecule has 2 aromatic rings. The van der Waals surface area contributed by atoms with Crippen LogP contribution in [0.4, 0.5) is 0 Å². The van der Waals surface area contributed by atoms with Crippen LogP contribution in [-0.2, 0) is 6.54 Å². The van der Waals surface area contributed by atoms with E-state index in [-0.39, 0.29) is 5.56 Å². The smallest absolute Gasteiger partial charge is 0.281 e. The zero-order chi connectivity index (χ0) is 11.1. The molecule has 16 heavy (non-hydrogen) atoms. The Morgan fingerprint density at radius 1 is 1.38 bits per heavy atom. The predicted octanol–water partition coefficient (Wildman–Crippen LogP) is 0.979. The summed E-state index contributed by atoms with van der Waals surface area (Å²) < 4.78 is 1.91. The molecule has 2 heterocycles. The van der Waals surface area contributed by atoms with E-state index in [9.17, 15) is 4.79 Å². The molecule has 1 N–H and O–H groups in total. The van der Waals surface area contributed by atoms with Crippen LogP contribution in [0.2, 0.25) is 0 Å². The third-order valence-electron chi connectivity index (χ3n) is 2.84. The molecule has 80 valence electrons. The minimum Gasteiger partial charge on any atom is -0.411 e. The highest BCUT2D eigenvalue weighted by molar-refractivity contribution is 6.00. The van der Waals surface area contributed by atoms with Gasteiger partial charge in [0.05, 0.1) is 10.9 Å². The number of oxime groups is 1. The third kappa shape index (κ3) is 1.08. The summed E-state index contributed by atoms with van der Waals surface area (Å²) in [5.41, 5.74) is 1.05. The molecule has 0 amide bonds. The first kappa shape index (κ1) is 9.08. The van der Waals surface area contributed by atoms with Crippen molar-refractivity contribution in [1.82, 2.24) is 9.55 Å². The molecule has 1 aliphatic rings. The molecule has 0 aliphatic carbocycles. The van der Waals surface area contributed by atoms with Crippen molar-refractivity contribution >= 4 is 16.6 Å². The van der Waals surface area contributed by atoms with E-state index < -0.39 is 0 Å². The Bertz CT molecular complexity index is 658. The van der Waals surface area contributed by atoms with Crippen LogP contribution in [0.15, 0.2) is 34.2 Å². The van der Waals surface area contributed by atoms with Crippen molar-refractivity contribution in [2.45, 2.75) is 13.0 Å². The number of hydrogen-bond acceptors (Lipinski definition) is 4. The quantitative estimate of drug-likeness (QED) is 0.526. The lowest BCUT2D eigenvalue weighted by atomic mass is 10.2. The molecule has 0 saturated heterocycles. The Morgan fingerprint density at radius 2 is 2.19 bits per heavy atom. The van der Waals surface area contributed by atoms with Crippen LogP contribution in [0, 0.1) is 0 Å². The minimum absolute atomic E-state index is 0.273. The molecule has 0 unspecified atom stereocenters. The van der Waals surface area contributed by atoms with Crippen molar-refractivity contribution in [3.05, 3.63) is 40.4 Å². The van der Waals surface area contributed by atoms with Gasteiger partial charge in [-0.3, -0.25) is 4.79 Å². The molecule has 5 nitrogen and oxygen atoms in total. The number of aromatic nitrogens is 2. The highest BCUT2D eigenvalue weighted by Gasteiger charge is 2.21. The Balaban J connectivity index is 2.48. The Morgan fingerprint density at radius 3 is 3.00 bits per heavy atom. The maximum absolute atomic E-state index is 11.7. The molecule has 1 aromatic heterocycles. The number of para-hydroxylation sites is 1. The second-order valence-electron chi connectivity index (χ2n) is 3.71. The fraction of sp³-hybridized carbons (Fsp3) is 0.182. The van der Waals surface area contributed by atoms with Crippen LogP contribution in [-0.4, -0.2) is 20.5 Å². The van der Waals surface area contributed by atoms with Crippen LogP contribution < -0.4 is 5.56 Å². The van der Waals surface area contributed by atoms with Gasteiger partial charge in [-0.15, -0.1) is 0 Å². The lowest BCUT2D eigenvalue weighted by Crippen LogP contribution is -2.16. The van der Waals surface area contributed by atoms with E-state index in [0.29, 0.717) is 29.9 Å². The summed E-state index contributed by atoms with van der Waals surface area (Å²) in [6.07, 6.45) is 0.608. The maximum Gasteiger partial charge on any atom is 0.281 e. The largest absolute Gasteiger partial charge is 0.411 e. The predicted molar refractivity (Wildman–Crippen MR) is 58.9 cm³/mol. The van der Waals surface area contributed by atoms with E-state index in [1.54, 1.807) is 6.07 Å². The number of nitrogens with zero attached hydrogens (tertiary/aromatic N) is 3. The summed E-state index contributed by atoms with van der Waals surface area (Å²) >= 11 is 0. The van der Waals surface area contributed by atoms with Crippen molar-refractivity contribution in [3.63, 3.8) is 0 Å². The molecule has 1 aromatic carbocycles. The maximum atomic E-state index is 11.7. The molecular formula is C11H9N3O2. The molecule has 0 bridgehead atoms. The van der Waals surface area contributed by atoms with Gasteiger partial charge in [0.2, 0.25) is 0 Å². The first-order valence-electron chi connectivity index (χ1n) is 5.02. The van der Waals surface area contributed by atoms with Crippen molar-refractivity contribution in [2.24, 2.45) is 5.16 Å². The Kier molecular flexibility index (Phi) is 1.80. The summed E-state index contributed by atoms with van der Waals surface area (Å²) in [5, 5.41) is 12.6. The molecule has 0 radical (unpaired) electrons. The van der Waals surface area contributed by atoms with Crippen LogP contribution in [0.25, 0.3) is 10.9 Å². The van der Waals surface area contributed by atoms with Gasteiger partial charge in [0.1, 0.15) is 5.71 Å². The van der Waals surface area contributed by atoms with Crippen LogP contribution >= 0.6 is 0 Å². The van der Waals surface area contributed by atoms with Gasteiger partial charge < -0.3 is 9.77 Å². The lowest BCUT2D eigenvalue weighted by Gasteiger charge is -2.06. The molecular weight excluding hydrogens is 206 g/mol. The van der Waals surface area contributed by atoms with Gasteiger partial charge in [-0.05, 0) is 12.1 Å². The van der Waals surface area contributed by atoms with Crippen LogP contribution in [0.3, 0.4) is 0 Å². The average Bonchev–Trinajstić information content (AvgIpc) is 2.72. The minimum atomic E-state index is -0.273. The second kappa shape index (κ2) is 3.16. The molecule has 0 atom stereocenters. The normalized spacial score (nSPS) is 16.9. The number of fused-ring (bicyclic) bond motifs is 3. The summed E-state index contributed by atoms with van der Waals surface area (Å²) in [7, 11) is 0. The van der Waals surface area contributed by atoms with Gasteiger partial charge in [-0.2, -0.15) is 4.98 Å². The summed E-state index contributed by atoms with van der Waals surface area (Å²) in [6.45, 7) is 0.697. The average molecular weight is 215 g/mol. The molecule has 1 aliphatic heterocycles. The highest BCUT2D eigenvalue weighted by atomic mass is 16.4. The zero-order valence-electron chi connectivity index (χ0n) is 8.42. The van der Waals surface area contributed by atoms with E-state index >= 15 is 0 Å². The van der Waals surface area contributed by atoms with Crippen LogP contribution in [0.1, 0.15) is 12.2 Å². The van der Waals surface area contributed by atoms with Gasteiger partial charge in [-0.1, -0.05) is 17.3 Å². The van der Waals surface area contributed by atoms with Gasteiger partial charge >= 0.3 is 0 Å². The SMILES string of the molecule is O=c1nc2n(c3ccccc13)CC/C2=N\O. The molecule has 3 rings (SSSR count). The Labute approximate surface area is 90.7 Å². The zero-order valence-corrected chi connectivity index (χ0v) is 8.42. The fourth-order valence-corrected chi connectivity index (χ4v) is 2.09. The number of hydrogen-bond donors (Lipinski definition) is 1. The van der Waals surface area contributed by atoms with E-state index in [0.717, 1.165) is 5.52 Å². The lowest BCUT2D eigenvalue weighted by molar-refractivity contribution is 0.318. The summed E-state index contributed by atoms with van der Waals surface area (Å²) in [6, 6.07) is 7.33. The number of rotatable bonds is 0. The second-order valence-corrected chi connectivity index (χ2v) is 3.71. The van der Waals surface area contributed by atoms with Gasteiger partial charge in [-0.25, -0.2) is 0 Å². The monoisotopic (exact) mass is 215 g/mol. The molecule has 0 spiro atoms. The van der Waals surface area contributed by atoms with Crippen LogP contribution in [0.5, 0.6) is 0 Å².